The molecule has 1 aromatic heterocycles. The van der Waals surface area contributed by atoms with Gasteiger partial charge in [-0.05, 0) is 25.1 Å². The fourth-order valence-electron chi connectivity index (χ4n) is 1.66. The molecular formula is C13H15FN2O2S. The summed E-state index contributed by atoms with van der Waals surface area (Å²) in [5, 5.41) is 3.32. The summed E-state index contributed by atoms with van der Waals surface area (Å²) in [6.07, 6.45) is -0.0722. The second kappa shape index (κ2) is 5.54. The maximum atomic E-state index is 13.2. The van der Waals surface area contributed by atoms with E-state index in [0.717, 1.165) is 4.70 Å². The van der Waals surface area contributed by atoms with E-state index in [1.54, 1.807) is 13.2 Å². The van der Waals surface area contributed by atoms with Crippen molar-refractivity contribution in [3.8, 4) is 0 Å². The fraction of sp³-hybridized carbons (Fsp3) is 0.308. The molecule has 2 aromatic rings. The Kier molecular flexibility index (Phi) is 4.01. The first kappa shape index (κ1) is 13.8. The van der Waals surface area contributed by atoms with Crippen molar-refractivity contribution in [1.29, 1.82) is 0 Å². The number of fused-ring (bicyclic) bond motifs is 1. The fourth-order valence-corrected chi connectivity index (χ4v) is 2.68. The van der Waals surface area contributed by atoms with E-state index >= 15 is 0 Å². The smallest absolute Gasteiger partial charge is 0.263 e. The van der Waals surface area contributed by atoms with Crippen LogP contribution >= 0.6 is 11.3 Å². The van der Waals surface area contributed by atoms with Gasteiger partial charge in [0.05, 0.1) is 11.8 Å². The molecule has 2 rings (SSSR count). The number of hydrogen-bond donors (Lipinski definition) is 2. The van der Waals surface area contributed by atoms with Crippen molar-refractivity contribution in [3.63, 3.8) is 0 Å². The highest BCUT2D eigenvalue weighted by Crippen LogP contribution is 2.33. The van der Waals surface area contributed by atoms with Crippen LogP contribution in [0.3, 0.4) is 0 Å². The molecule has 0 radical (unpaired) electrons. The summed E-state index contributed by atoms with van der Waals surface area (Å²) in [6, 6.07) is 4.32. The molecular weight excluding hydrogens is 267 g/mol. The second-order valence-corrected chi connectivity index (χ2v) is 5.29. The standard InChI is InChI=1S/C13H15FN2O2S/c1-7(18-2)6-16-13(17)12-11(15)9-5-8(14)3-4-10(9)19-12/h3-5,7H,6,15H2,1-2H3,(H,16,17). The van der Waals surface area contributed by atoms with Gasteiger partial charge < -0.3 is 15.8 Å². The molecule has 1 atom stereocenters. The Labute approximate surface area is 114 Å². The lowest BCUT2D eigenvalue weighted by Crippen LogP contribution is -2.31. The first-order valence-electron chi connectivity index (χ1n) is 5.81. The summed E-state index contributed by atoms with van der Waals surface area (Å²) in [4.78, 5) is 12.4. The van der Waals surface area contributed by atoms with E-state index in [0.29, 0.717) is 22.5 Å². The van der Waals surface area contributed by atoms with Crippen molar-refractivity contribution in [2.24, 2.45) is 0 Å². The molecule has 3 N–H and O–H groups in total. The van der Waals surface area contributed by atoms with Crippen molar-refractivity contribution in [1.82, 2.24) is 5.32 Å². The van der Waals surface area contributed by atoms with Gasteiger partial charge in [0.15, 0.2) is 0 Å². The van der Waals surface area contributed by atoms with Crippen LogP contribution in [0.4, 0.5) is 10.1 Å². The molecule has 0 bridgehead atoms. The average molecular weight is 282 g/mol. The van der Waals surface area contributed by atoms with E-state index in [9.17, 15) is 9.18 Å². The lowest BCUT2D eigenvalue weighted by molar-refractivity contribution is 0.0874. The minimum atomic E-state index is -0.364. The van der Waals surface area contributed by atoms with E-state index in [1.807, 2.05) is 6.92 Å². The number of nitrogen functional groups attached to an aromatic ring is 1. The number of halogens is 1. The van der Waals surface area contributed by atoms with Crippen LogP contribution in [0.5, 0.6) is 0 Å². The van der Waals surface area contributed by atoms with Crippen LogP contribution in [0.2, 0.25) is 0 Å². The number of nitrogens with one attached hydrogen (secondary N) is 1. The van der Waals surface area contributed by atoms with E-state index < -0.39 is 0 Å². The maximum absolute atomic E-state index is 13.2. The first-order chi connectivity index (χ1) is 9.02. The highest BCUT2D eigenvalue weighted by atomic mass is 32.1. The van der Waals surface area contributed by atoms with Gasteiger partial charge in [0.1, 0.15) is 10.7 Å². The number of thiophene rings is 1. The maximum Gasteiger partial charge on any atom is 0.263 e. The molecule has 4 nitrogen and oxygen atoms in total. The normalized spacial score (nSPS) is 12.6. The van der Waals surface area contributed by atoms with Gasteiger partial charge in [0.25, 0.3) is 5.91 Å². The molecule has 0 saturated heterocycles. The summed E-state index contributed by atoms with van der Waals surface area (Å²) in [7, 11) is 1.58. The second-order valence-electron chi connectivity index (χ2n) is 4.24. The van der Waals surface area contributed by atoms with Crippen LogP contribution in [0, 0.1) is 5.82 Å². The monoisotopic (exact) mass is 282 g/mol. The summed E-state index contributed by atoms with van der Waals surface area (Å²) >= 11 is 1.26. The molecule has 0 aliphatic rings. The van der Waals surface area contributed by atoms with Gasteiger partial charge in [0.2, 0.25) is 0 Å². The van der Waals surface area contributed by atoms with Crippen LogP contribution in [0.1, 0.15) is 16.6 Å². The first-order valence-corrected chi connectivity index (χ1v) is 6.63. The average Bonchev–Trinajstić information content (AvgIpc) is 2.73. The predicted molar refractivity (Wildman–Crippen MR) is 75.0 cm³/mol. The summed E-state index contributed by atoms with van der Waals surface area (Å²) < 4.78 is 19.0. The zero-order chi connectivity index (χ0) is 14.0. The molecule has 0 aliphatic carbocycles. The highest BCUT2D eigenvalue weighted by molar-refractivity contribution is 7.21. The third-order valence-corrected chi connectivity index (χ3v) is 4.03. The third-order valence-electron chi connectivity index (χ3n) is 2.85. The van der Waals surface area contributed by atoms with Gasteiger partial charge in [-0.1, -0.05) is 0 Å². The summed E-state index contributed by atoms with van der Waals surface area (Å²) in [5.74, 6) is -0.625. The molecule has 0 aliphatic heterocycles. The predicted octanol–water partition coefficient (Wildman–Crippen LogP) is 2.39. The van der Waals surface area contributed by atoms with Crippen LogP contribution in [-0.2, 0) is 4.74 Å². The van der Waals surface area contributed by atoms with Crippen molar-refractivity contribution in [2.75, 3.05) is 19.4 Å². The number of hydrogen-bond acceptors (Lipinski definition) is 4. The number of nitrogens with two attached hydrogens (primary N) is 1. The van der Waals surface area contributed by atoms with E-state index in [1.165, 1.54) is 23.5 Å². The van der Waals surface area contributed by atoms with Gasteiger partial charge >= 0.3 is 0 Å². The van der Waals surface area contributed by atoms with Gasteiger partial charge in [0, 0.05) is 23.7 Å². The minimum absolute atomic E-state index is 0.0722. The van der Waals surface area contributed by atoms with Crippen LogP contribution in [0.15, 0.2) is 18.2 Å². The lowest BCUT2D eigenvalue weighted by atomic mass is 10.2. The molecule has 19 heavy (non-hydrogen) atoms. The highest BCUT2D eigenvalue weighted by Gasteiger charge is 2.17. The van der Waals surface area contributed by atoms with Gasteiger partial charge in [-0.15, -0.1) is 11.3 Å². The molecule has 1 heterocycles. The number of anilines is 1. The van der Waals surface area contributed by atoms with Crippen molar-refractivity contribution in [2.45, 2.75) is 13.0 Å². The van der Waals surface area contributed by atoms with E-state index in [-0.39, 0.29) is 17.8 Å². The molecule has 1 unspecified atom stereocenters. The number of carbonyl (C=O) groups excluding carboxylic acids is 1. The van der Waals surface area contributed by atoms with Crippen LogP contribution in [-0.4, -0.2) is 25.7 Å². The minimum Gasteiger partial charge on any atom is -0.397 e. The quantitative estimate of drug-likeness (QED) is 0.905. The van der Waals surface area contributed by atoms with Gasteiger partial charge in [-0.25, -0.2) is 4.39 Å². The largest absolute Gasteiger partial charge is 0.397 e. The Morgan fingerprint density at radius 2 is 2.32 bits per heavy atom. The van der Waals surface area contributed by atoms with Gasteiger partial charge in [-0.2, -0.15) is 0 Å². The molecule has 0 spiro atoms. The van der Waals surface area contributed by atoms with E-state index in [2.05, 4.69) is 5.32 Å². The topological polar surface area (TPSA) is 64.3 Å². The van der Waals surface area contributed by atoms with E-state index in [4.69, 9.17) is 10.5 Å². The Bertz CT molecular complexity index is 612. The summed E-state index contributed by atoms with van der Waals surface area (Å²) in [6.45, 7) is 2.25. The number of benzene rings is 1. The SMILES string of the molecule is COC(C)CNC(=O)c1sc2ccc(F)cc2c1N. The number of rotatable bonds is 4. The Balaban J connectivity index is 2.25. The van der Waals surface area contributed by atoms with Crippen molar-refractivity contribution in [3.05, 3.63) is 28.9 Å². The molecule has 102 valence electrons. The zero-order valence-corrected chi connectivity index (χ0v) is 11.5. The van der Waals surface area contributed by atoms with Crippen molar-refractivity contribution >= 4 is 33.0 Å². The third kappa shape index (κ3) is 2.85. The van der Waals surface area contributed by atoms with Crippen molar-refractivity contribution < 1.29 is 13.9 Å². The zero-order valence-electron chi connectivity index (χ0n) is 10.7. The Morgan fingerprint density at radius 3 is 3.00 bits per heavy atom. The Hall–Kier alpha value is -1.66. The summed E-state index contributed by atoms with van der Waals surface area (Å²) in [5.41, 5.74) is 6.22. The van der Waals surface area contributed by atoms with Crippen LogP contribution < -0.4 is 11.1 Å². The molecule has 0 fully saturated rings. The number of amides is 1. The van der Waals surface area contributed by atoms with Gasteiger partial charge in [-0.3, -0.25) is 4.79 Å². The molecule has 1 aromatic carbocycles. The lowest BCUT2D eigenvalue weighted by Gasteiger charge is -2.10. The van der Waals surface area contributed by atoms with Crippen LogP contribution in [0.25, 0.3) is 10.1 Å². The number of methoxy groups -OCH3 is 1. The Morgan fingerprint density at radius 1 is 1.58 bits per heavy atom. The number of ether oxygens (including phenoxy) is 1. The molecule has 6 heteroatoms. The molecule has 0 saturated carbocycles. The number of carbonyl (C=O) groups is 1. The molecule has 1 amide bonds.